The average Bonchev–Trinajstić information content (AvgIpc) is 3.25. The summed E-state index contributed by atoms with van der Waals surface area (Å²) in [6.07, 6.45) is 60.6. The molecular weight excluding hydrogens is 816 g/mol. The summed E-state index contributed by atoms with van der Waals surface area (Å²) in [5, 5.41) is 13.9. The van der Waals surface area contributed by atoms with Gasteiger partial charge in [-0.2, -0.15) is 0 Å². The molecule has 376 valence electrons. The Bertz CT molecular complexity index is 1180. The van der Waals surface area contributed by atoms with Crippen molar-refractivity contribution >= 4 is 13.7 Å². The SMILES string of the molecule is CC/C=C\C/C=C\CCCCCCCCCCCCCCCCC(=O)NC(COP(=O)(O)OCC[N+](C)(C)C)C(O)/C=C/CC/C=C/CCCCCCCCCCCCCCCCC. The summed E-state index contributed by atoms with van der Waals surface area (Å²) in [7, 11) is 1.56. The van der Waals surface area contributed by atoms with Gasteiger partial charge in [-0.1, -0.05) is 229 Å². The minimum atomic E-state index is -4.35. The smallest absolute Gasteiger partial charge is 0.387 e. The van der Waals surface area contributed by atoms with Gasteiger partial charge in [0, 0.05) is 6.42 Å². The molecule has 0 heterocycles. The quantitative estimate of drug-likeness (QED) is 0.0243. The maximum atomic E-state index is 12.9. The van der Waals surface area contributed by atoms with Crippen LogP contribution in [0.3, 0.4) is 0 Å². The number of allylic oxidation sites excluding steroid dienone is 7. The Morgan fingerprint density at radius 3 is 1.42 bits per heavy atom. The van der Waals surface area contributed by atoms with Crippen molar-refractivity contribution < 1.29 is 32.9 Å². The normalized spacial score (nSPS) is 14.4. The number of aliphatic hydroxyl groups is 1. The molecule has 0 radical (unpaired) electrons. The van der Waals surface area contributed by atoms with Crippen molar-refractivity contribution in [1.29, 1.82) is 0 Å². The molecule has 3 atom stereocenters. The summed E-state index contributed by atoms with van der Waals surface area (Å²) >= 11 is 0. The number of hydrogen-bond acceptors (Lipinski definition) is 5. The second kappa shape index (κ2) is 46.6. The third-order valence-corrected chi connectivity index (χ3v) is 13.0. The molecule has 0 aromatic rings. The first-order valence-electron chi connectivity index (χ1n) is 27.0. The lowest BCUT2D eigenvalue weighted by atomic mass is 10.0. The second-order valence-corrected chi connectivity index (χ2v) is 21.0. The van der Waals surface area contributed by atoms with Gasteiger partial charge in [-0.05, 0) is 57.8 Å². The first-order chi connectivity index (χ1) is 31.0. The fraction of sp³-hybridized carbons (Fsp3) is 0.836. The number of aliphatic hydroxyl groups excluding tert-OH is 1. The molecule has 0 fully saturated rings. The molecule has 8 nitrogen and oxygen atoms in total. The van der Waals surface area contributed by atoms with Crippen molar-refractivity contribution in [3.05, 3.63) is 48.6 Å². The van der Waals surface area contributed by atoms with Crippen LogP contribution in [0.5, 0.6) is 0 Å². The summed E-state index contributed by atoms with van der Waals surface area (Å²) < 4.78 is 23.7. The van der Waals surface area contributed by atoms with E-state index in [-0.39, 0.29) is 19.1 Å². The van der Waals surface area contributed by atoms with Crippen molar-refractivity contribution in [2.45, 2.75) is 257 Å². The number of amides is 1. The monoisotopic (exact) mass is 922 g/mol. The number of phosphoric ester groups is 1. The zero-order chi connectivity index (χ0) is 47.1. The van der Waals surface area contributed by atoms with Crippen LogP contribution in [0.15, 0.2) is 48.6 Å². The lowest BCUT2D eigenvalue weighted by Gasteiger charge is -2.25. The van der Waals surface area contributed by atoms with Gasteiger partial charge in [0.2, 0.25) is 5.91 Å². The van der Waals surface area contributed by atoms with Gasteiger partial charge < -0.3 is 19.8 Å². The summed E-state index contributed by atoms with van der Waals surface area (Å²) in [5.41, 5.74) is 0. The fourth-order valence-electron chi connectivity index (χ4n) is 7.80. The van der Waals surface area contributed by atoms with Gasteiger partial charge >= 0.3 is 7.82 Å². The van der Waals surface area contributed by atoms with E-state index >= 15 is 0 Å². The van der Waals surface area contributed by atoms with Crippen LogP contribution in [-0.4, -0.2) is 73.4 Å². The number of carbonyl (C=O) groups excluding carboxylic acids is 1. The Labute approximate surface area is 397 Å². The third-order valence-electron chi connectivity index (χ3n) is 12.0. The van der Waals surface area contributed by atoms with E-state index in [1.54, 1.807) is 6.08 Å². The molecule has 0 aliphatic rings. The van der Waals surface area contributed by atoms with Crippen LogP contribution in [0, 0.1) is 0 Å². The molecule has 1 amide bonds. The Balaban J connectivity index is 4.30. The van der Waals surface area contributed by atoms with E-state index in [1.807, 2.05) is 27.2 Å². The highest BCUT2D eigenvalue weighted by atomic mass is 31.2. The Morgan fingerprint density at radius 2 is 0.953 bits per heavy atom. The number of carbonyl (C=O) groups is 1. The van der Waals surface area contributed by atoms with Gasteiger partial charge in [-0.3, -0.25) is 13.8 Å². The van der Waals surface area contributed by atoms with Crippen LogP contribution < -0.4 is 5.32 Å². The van der Waals surface area contributed by atoms with E-state index in [4.69, 9.17) is 9.05 Å². The maximum Gasteiger partial charge on any atom is 0.472 e. The van der Waals surface area contributed by atoms with Crippen LogP contribution in [0.4, 0.5) is 0 Å². The van der Waals surface area contributed by atoms with Crippen LogP contribution in [0.1, 0.15) is 245 Å². The van der Waals surface area contributed by atoms with Crippen LogP contribution in [0.25, 0.3) is 0 Å². The number of hydrogen-bond donors (Lipinski definition) is 3. The topological polar surface area (TPSA) is 105 Å². The number of quaternary nitrogens is 1. The number of nitrogens with one attached hydrogen (secondary N) is 1. The minimum Gasteiger partial charge on any atom is -0.387 e. The molecule has 0 aromatic carbocycles. The van der Waals surface area contributed by atoms with Gasteiger partial charge in [0.05, 0.1) is 39.9 Å². The van der Waals surface area contributed by atoms with Crippen LogP contribution >= 0.6 is 7.82 Å². The molecule has 0 aliphatic carbocycles. The number of nitrogens with zero attached hydrogens (tertiary/aromatic N) is 1. The summed E-state index contributed by atoms with van der Waals surface area (Å²) in [4.78, 5) is 23.3. The molecule has 0 saturated carbocycles. The lowest BCUT2D eigenvalue weighted by molar-refractivity contribution is -0.870. The molecule has 0 rings (SSSR count). The molecule has 3 N–H and O–H groups in total. The fourth-order valence-corrected chi connectivity index (χ4v) is 8.54. The van der Waals surface area contributed by atoms with Crippen molar-refractivity contribution in [2.24, 2.45) is 0 Å². The maximum absolute atomic E-state index is 12.9. The van der Waals surface area contributed by atoms with E-state index in [2.05, 4.69) is 55.6 Å². The number of unbranched alkanes of at least 4 members (excludes halogenated alkanes) is 30. The Kier molecular flexibility index (Phi) is 45.4. The third kappa shape index (κ3) is 48.4. The van der Waals surface area contributed by atoms with Gasteiger partial charge in [0.1, 0.15) is 13.2 Å². The Hall–Kier alpha value is -1.54. The highest BCUT2D eigenvalue weighted by molar-refractivity contribution is 7.47. The van der Waals surface area contributed by atoms with Crippen LogP contribution in [0.2, 0.25) is 0 Å². The van der Waals surface area contributed by atoms with E-state index in [1.165, 1.54) is 173 Å². The Morgan fingerprint density at radius 1 is 0.547 bits per heavy atom. The summed E-state index contributed by atoms with van der Waals surface area (Å²) in [6, 6.07) is -0.864. The molecule has 0 bridgehead atoms. The molecular formula is C55H106N2O6P+. The lowest BCUT2D eigenvalue weighted by Crippen LogP contribution is -2.45. The zero-order valence-electron chi connectivity index (χ0n) is 42.8. The van der Waals surface area contributed by atoms with E-state index in [0.717, 1.165) is 51.4 Å². The van der Waals surface area contributed by atoms with E-state index < -0.39 is 20.0 Å². The predicted octanol–water partition coefficient (Wildman–Crippen LogP) is 16.0. The van der Waals surface area contributed by atoms with Crippen molar-refractivity contribution in [3.8, 4) is 0 Å². The number of likely N-dealkylation sites (N-methyl/N-ethyl adjacent to an activating group) is 1. The molecule has 9 heteroatoms. The van der Waals surface area contributed by atoms with Crippen molar-refractivity contribution in [2.75, 3.05) is 40.9 Å². The first-order valence-corrected chi connectivity index (χ1v) is 28.5. The summed E-state index contributed by atoms with van der Waals surface area (Å²) in [6.45, 7) is 4.72. The number of phosphoric acid groups is 1. The molecule has 0 aliphatic heterocycles. The molecule has 0 spiro atoms. The highest BCUT2D eigenvalue weighted by Gasteiger charge is 2.27. The predicted molar refractivity (Wildman–Crippen MR) is 277 cm³/mol. The van der Waals surface area contributed by atoms with Crippen LogP contribution in [-0.2, 0) is 18.4 Å². The van der Waals surface area contributed by atoms with E-state index in [9.17, 15) is 19.4 Å². The first kappa shape index (κ1) is 62.5. The molecule has 0 aromatic heterocycles. The highest BCUT2D eigenvalue weighted by Crippen LogP contribution is 2.43. The minimum absolute atomic E-state index is 0.0560. The second-order valence-electron chi connectivity index (χ2n) is 19.6. The molecule has 0 saturated heterocycles. The van der Waals surface area contributed by atoms with E-state index in [0.29, 0.717) is 17.4 Å². The zero-order valence-corrected chi connectivity index (χ0v) is 43.7. The summed E-state index contributed by atoms with van der Waals surface area (Å²) in [5.74, 6) is -0.186. The molecule has 3 unspecified atom stereocenters. The average molecular weight is 922 g/mol. The van der Waals surface area contributed by atoms with Crippen molar-refractivity contribution in [1.82, 2.24) is 5.32 Å². The van der Waals surface area contributed by atoms with Crippen molar-refractivity contribution in [3.63, 3.8) is 0 Å². The van der Waals surface area contributed by atoms with Gasteiger partial charge in [-0.25, -0.2) is 4.57 Å². The molecule has 64 heavy (non-hydrogen) atoms. The number of rotatable bonds is 49. The standard InChI is InChI=1S/C55H105N2O6P/c1-6-8-10-12-14-16-18-20-22-24-26-28-30-32-34-36-38-40-42-44-46-48-54(58)53(52-63-64(60,61)62-51-50-57(3,4)5)56-55(59)49-47-45-43-41-39-37-35-33-31-29-27-25-23-21-19-17-15-13-11-9-7-2/h9,11,15,17,38,40,46,48,53-54,58H,6-8,10,12-14,16,18-37,39,41-45,47,49-52H2,1-5H3,(H-,56,59,60,61)/p+1/b11-9-,17-15-,40-38+,48-46+. The van der Waals surface area contributed by atoms with Gasteiger partial charge in [0.25, 0.3) is 0 Å². The largest absolute Gasteiger partial charge is 0.472 e. The van der Waals surface area contributed by atoms with Gasteiger partial charge in [0.15, 0.2) is 0 Å². The van der Waals surface area contributed by atoms with Gasteiger partial charge in [-0.15, -0.1) is 0 Å².